The molecule has 3 nitrogen and oxygen atoms in total. The molecule has 0 spiro atoms. The van der Waals surface area contributed by atoms with Gasteiger partial charge >= 0.3 is 0 Å². The lowest BCUT2D eigenvalue weighted by Crippen LogP contribution is -2.08. The van der Waals surface area contributed by atoms with Gasteiger partial charge in [-0.25, -0.2) is 0 Å². The zero-order valence-electron chi connectivity index (χ0n) is 22.0. The van der Waals surface area contributed by atoms with E-state index in [1.54, 1.807) is 23.5 Å². The molecule has 0 fully saturated rings. The topological polar surface area (TPSA) is 37.8 Å². The molecule has 38 heavy (non-hydrogen) atoms. The normalized spacial score (nSPS) is 14.1. The average molecular weight is 496 g/mol. The second kappa shape index (κ2) is 11.1. The molecule has 4 aromatic carbocycles. The third-order valence-corrected chi connectivity index (χ3v) is 7.71. The van der Waals surface area contributed by atoms with E-state index in [1.807, 2.05) is 31.3 Å². The van der Waals surface area contributed by atoms with E-state index in [9.17, 15) is 0 Å². The number of benzene rings is 4. The zero-order chi connectivity index (χ0) is 25.7. The predicted molar refractivity (Wildman–Crippen MR) is 159 cm³/mol. The highest BCUT2D eigenvalue weighted by Gasteiger charge is 2.21. The minimum Gasteiger partial charge on any atom is -0.316 e. The number of nitrogens with one attached hydrogen (secondary N) is 1. The van der Waals surface area contributed by atoms with Crippen LogP contribution in [-0.2, 0) is 19.4 Å². The Morgan fingerprint density at radius 3 is 2.32 bits per heavy atom. The van der Waals surface area contributed by atoms with Gasteiger partial charge < -0.3 is 5.32 Å². The van der Waals surface area contributed by atoms with E-state index >= 15 is 0 Å². The summed E-state index contributed by atoms with van der Waals surface area (Å²) in [7, 11) is 2.01. The third kappa shape index (κ3) is 5.03. The van der Waals surface area contributed by atoms with Crippen LogP contribution in [0.2, 0.25) is 0 Å². The van der Waals surface area contributed by atoms with Crippen molar-refractivity contribution in [2.24, 2.45) is 0 Å². The highest BCUT2D eigenvalue weighted by atomic mass is 15.1. The molecule has 0 unspecified atom stereocenters. The summed E-state index contributed by atoms with van der Waals surface area (Å²) in [5.41, 5.74) is 10.4. The number of aryl methyl sites for hydroxylation is 1. The fraction of sp³-hybridized carbons (Fsp3) is 0.200. The zero-order valence-corrected chi connectivity index (χ0v) is 22.0. The first kappa shape index (κ1) is 24.3. The number of rotatable bonds is 4. The second-order valence-corrected chi connectivity index (χ2v) is 10.2. The van der Waals surface area contributed by atoms with Crippen molar-refractivity contribution in [2.45, 2.75) is 38.6 Å². The monoisotopic (exact) mass is 495 g/mol. The number of nitrogens with zero attached hydrogens (tertiary/aromatic N) is 2. The molecule has 1 N–H and O–H groups in total. The van der Waals surface area contributed by atoms with Gasteiger partial charge in [-0.1, -0.05) is 96.6 Å². The van der Waals surface area contributed by atoms with Crippen LogP contribution in [0, 0.1) is 0 Å². The van der Waals surface area contributed by atoms with Gasteiger partial charge in [-0.05, 0) is 83.3 Å². The summed E-state index contributed by atoms with van der Waals surface area (Å²) in [6.07, 6.45) is 14.1. The summed E-state index contributed by atoms with van der Waals surface area (Å²) in [5, 5.41) is 15.9. The first-order chi connectivity index (χ1) is 18.8. The molecule has 0 amide bonds. The molecule has 1 aromatic heterocycles. The number of hydrogen-bond acceptors (Lipinski definition) is 3. The van der Waals surface area contributed by atoms with Gasteiger partial charge in [0.05, 0.1) is 12.4 Å². The molecule has 2 aliphatic rings. The van der Waals surface area contributed by atoms with Crippen LogP contribution in [0.1, 0.15) is 47.1 Å². The number of aromatic nitrogens is 2. The summed E-state index contributed by atoms with van der Waals surface area (Å²) < 4.78 is 0. The Balaban J connectivity index is 0.000000221. The van der Waals surface area contributed by atoms with Gasteiger partial charge in [0.1, 0.15) is 0 Å². The van der Waals surface area contributed by atoms with Gasteiger partial charge in [-0.15, -0.1) is 0 Å². The SMILES string of the molecule is CNCc1cccc(Cc2cccc3ccc4c(c23)CCC2=C4C=CCC2)c1.c1ccc2cnncc2c1. The van der Waals surface area contributed by atoms with Crippen molar-refractivity contribution in [3.8, 4) is 0 Å². The smallest absolute Gasteiger partial charge is 0.0574 e. The largest absolute Gasteiger partial charge is 0.316 e. The lowest BCUT2D eigenvalue weighted by Gasteiger charge is -2.26. The van der Waals surface area contributed by atoms with E-state index in [2.05, 4.69) is 82.3 Å². The molecule has 0 saturated carbocycles. The quantitative estimate of drug-likeness (QED) is 0.276. The van der Waals surface area contributed by atoms with Crippen molar-refractivity contribution in [1.82, 2.24) is 15.5 Å². The fourth-order valence-electron chi connectivity index (χ4n) is 5.93. The van der Waals surface area contributed by atoms with E-state index in [1.165, 1.54) is 64.3 Å². The lowest BCUT2D eigenvalue weighted by atomic mass is 9.78. The van der Waals surface area contributed by atoms with Crippen LogP contribution in [0.5, 0.6) is 0 Å². The Kier molecular flexibility index (Phi) is 7.10. The van der Waals surface area contributed by atoms with Crippen LogP contribution in [0.3, 0.4) is 0 Å². The summed E-state index contributed by atoms with van der Waals surface area (Å²) >= 11 is 0. The van der Waals surface area contributed by atoms with Crippen LogP contribution >= 0.6 is 0 Å². The summed E-state index contributed by atoms with van der Waals surface area (Å²) in [6, 6.07) is 28.5. The van der Waals surface area contributed by atoms with Gasteiger partial charge in [-0.2, -0.15) is 10.2 Å². The molecule has 1 heterocycles. The Bertz CT molecular complexity index is 1600. The molecule has 3 heteroatoms. The molecule has 7 rings (SSSR count). The molecule has 0 radical (unpaired) electrons. The Hall–Kier alpha value is -4.08. The molecular weight excluding hydrogens is 462 g/mol. The molecule has 0 atom stereocenters. The standard InChI is InChI=1S/C27H27N.C8H6N2/c1-28-18-20-7-4-6-19(16-20)17-23-10-5-9-22-13-14-25-24-11-3-2-8-21(24)12-15-26(25)27(22)23;1-2-4-8-6-10-9-5-7(8)3-1/h3-7,9-11,13-14,16,28H,2,8,12,15,17-18H2,1H3;1-6H. The summed E-state index contributed by atoms with van der Waals surface area (Å²) in [5.74, 6) is 0. The maximum Gasteiger partial charge on any atom is 0.0574 e. The van der Waals surface area contributed by atoms with E-state index in [-0.39, 0.29) is 0 Å². The van der Waals surface area contributed by atoms with Gasteiger partial charge in [0.15, 0.2) is 0 Å². The van der Waals surface area contributed by atoms with Crippen molar-refractivity contribution in [3.05, 3.63) is 137 Å². The molecule has 0 bridgehead atoms. The molecule has 5 aromatic rings. The van der Waals surface area contributed by atoms with E-state index in [4.69, 9.17) is 0 Å². The van der Waals surface area contributed by atoms with Crippen molar-refractivity contribution >= 4 is 27.1 Å². The lowest BCUT2D eigenvalue weighted by molar-refractivity contribution is 0.816. The Morgan fingerprint density at radius 1 is 0.737 bits per heavy atom. The highest BCUT2D eigenvalue weighted by molar-refractivity contribution is 5.96. The van der Waals surface area contributed by atoms with Crippen LogP contribution in [0.15, 0.2) is 109 Å². The van der Waals surface area contributed by atoms with Crippen LogP contribution in [-0.4, -0.2) is 17.2 Å². The molecule has 0 saturated heterocycles. The van der Waals surface area contributed by atoms with Crippen LogP contribution < -0.4 is 5.32 Å². The van der Waals surface area contributed by atoms with Gasteiger partial charge in [0.2, 0.25) is 0 Å². The maximum absolute atomic E-state index is 3.76. The van der Waals surface area contributed by atoms with Gasteiger partial charge in [-0.3, -0.25) is 0 Å². The van der Waals surface area contributed by atoms with Crippen molar-refractivity contribution in [1.29, 1.82) is 0 Å². The second-order valence-electron chi connectivity index (χ2n) is 10.2. The number of fused-ring (bicyclic) bond motifs is 5. The van der Waals surface area contributed by atoms with Crippen LogP contribution in [0.25, 0.3) is 27.1 Å². The Labute approximate surface area is 224 Å². The van der Waals surface area contributed by atoms with Crippen molar-refractivity contribution in [3.63, 3.8) is 0 Å². The molecule has 0 aliphatic heterocycles. The predicted octanol–water partition coefficient (Wildman–Crippen LogP) is 7.83. The molecular formula is C35H33N3. The first-order valence-corrected chi connectivity index (χ1v) is 13.6. The fourth-order valence-corrected chi connectivity index (χ4v) is 5.93. The van der Waals surface area contributed by atoms with Gasteiger partial charge in [0, 0.05) is 17.3 Å². The molecule has 188 valence electrons. The summed E-state index contributed by atoms with van der Waals surface area (Å²) in [6.45, 7) is 0.919. The van der Waals surface area contributed by atoms with Crippen molar-refractivity contribution < 1.29 is 0 Å². The minimum absolute atomic E-state index is 0.919. The van der Waals surface area contributed by atoms with E-state index < -0.39 is 0 Å². The number of hydrogen-bond donors (Lipinski definition) is 1. The first-order valence-electron chi connectivity index (χ1n) is 13.6. The van der Waals surface area contributed by atoms with Gasteiger partial charge in [0.25, 0.3) is 0 Å². The average Bonchev–Trinajstić information content (AvgIpc) is 2.98. The molecule has 2 aliphatic carbocycles. The van der Waals surface area contributed by atoms with Crippen LogP contribution in [0.4, 0.5) is 0 Å². The summed E-state index contributed by atoms with van der Waals surface area (Å²) in [4.78, 5) is 0. The Morgan fingerprint density at radius 2 is 1.50 bits per heavy atom. The highest BCUT2D eigenvalue weighted by Crippen LogP contribution is 2.41. The van der Waals surface area contributed by atoms with Crippen molar-refractivity contribution in [2.75, 3.05) is 7.05 Å². The maximum atomic E-state index is 3.76. The van der Waals surface area contributed by atoms with E-state index in [0.29, 0.717) is 0 Å². The minimum atomic E-state index is 0.919. The number of allylic oxidation sites excluding steroid dienone is 4. The third-order valence-electron chi connectivity index (χ3n) is 7.71. The van der Waals surface area contributed by atoms with E-state index in [0.717, 1.165) is 23.7 Å².